The molecule has 1 fully saturated rings. The predicted octanol–water partition coefficient (Wildman–Crippen LogP) is 3.61. The number of benzene rings is 2. The van der Waals surface area contributed by atoms with Gasteiger partial charge in [0.05, 0.1) is 16.5 Å². The number of aryl methyl sites for hydroxylation is 2. The molecule has 1 aromatic heterocycles. The summed E-state index contributed by atoms with van der Waals surface area (Å²) in [5.74, 6) is 1.20. The monoisotopic (exact) mass is 462 g/mol. The number of nitriles is 1. The van der Waals surface area contributed by atoms with Gasteiger partial charge in [-0.3, -0.25) is 0 Å². The quantitative estimate of drug-likeness (QED) is 0.618. The third-order valence-corrected chi connectivity index (χ3v) is 7.51. The molecular weight excluding hydrogens is 436 g/mol. The number of anilines is 3. The normalized spacial score (nSPS) is 16.9. The molecule has 2 aromatic carbocycles. The molecule has 0 radical (unpaired) electrons. The summed E-state index contributed by atoms with van der Waals surface area (Å²) in [5.41, 5.74) is 3.24. The summed E-state index contributed by atoms with van der Waals surface area (Å²) in [6.45, 7) is 7.02. The first-order valence-electron chi connectivity index (χ1n) is 10.7. The Hall–Kier alpha value is -3.48. The number of aromatic nitrogens is 2. The molecule has 1 aliphatic heterocycles. The van der Waals surface area contributed by atoms with Crippen LogP contribution in [0.4, 0.5) is 17.5 Å². The lowest BCUT2D eigenvalue weighted by Gasteiger charge is -2.39. The van der Waals surface area contributed by atoms with Crippen molar-refractivity contribution < 1.29 is 8.42 Å². The molecule has 1 aliphatic rings. The van der Waals surface area contributed by atoms with E-state index in [2.05, 4.69) is 21.4 Å². The van der Waals surface area contributed by atoms with Crippen LogP contribution in [-0.2, 0) is 10.0 Å². The third kappa shape index (κ3) is 4.97. The van der Waals surface area contributed by atoms with Gasteiger partial charge >= 0.3 is 0 Å². The van der Waals surface area contributed by atoms with Gasteiger partial charge in [-0.05, 0) is 57.2 Å². The third-order valence-electron chi connectivity index (χ3n) is 5.63. The lowest BCUT2D eigenvalue weighted by Crippen LogP contribution is -2.54. The standard InChI is InChI=1S/C24H26N6O2S/c1-17-4-10-22(11-5-17)33(31,32)29-12-13-30(19(3)16-29)24-26-18(2)14-23(28-24)27-21-8-6-20(15-25)7-9-21/h4-11,14,19H,12-13,16H2,1-3H3,(H,26,27,28). The van der Waals surface area contributed by atoms with Crippen molar-refractivity contribution in [3.63, 3.8) is 0 Å². The van der Waals surface area contributed by atoms with Crippen molar-refractivity contribution in [2.24, 2.45) is 0 Å². The van der Waals surface area contributed by atoms with E-state index in [1.165, 1.54) is 4.31 Å². The maximum atomic E-state index is 13.1. The Morgan fingerprint density at radius 1 is 1.03 bits per heavy atom. The van der Waals surface area contributed by atoms with Crippen molar-refractivity contribution in [3.05, 3.63) is 71.4 Å². The van der Waals surface area contributed by atoms with E-state index in [-0.39, 0.29) is 6.04 Å². The largest absolute Gasteiger partial charge is 0.340 e. The zero-order valence-electron chi connectivity index (χ0n) is 18.9. The molecule has 1 saturated heterocycles. The molecule has 4 rings (SSSR count). The van der Waals surface area contributed by atoms with Crippen LogP contribution in [0.2, 0.25) is 0 Å². The highest BCUT2D eigenvalue weighted by Gasteiger charge is 2.33. The van der Waals surface area contributed by atoms with Gasteiger partial charge in [0.2, 0.25) is 16.0 Å². The second kappa shape index (κ2) is 9.17. The lowest BCUT2D eigenvalue weighted by molar-refractivity contribution is 0.339. The van der Waals surface area contributed by atoms with Gasteiger partial charge in [0.15, 0.2) is 0 Å². The number of sulfonamides is 1. The summed E-state index contributed by atoms with van der Waals surface area (Å²) in [6, 6.07) is 17.9. The van der Waals surface area contributed by atoms with E-state index >= 15 is 0 Å². The van der Waals surface area contributed by atoms with Crippen LogP contribution >= 0.6 is 0 Å². The number of nitrogens with one attached hydrogen (secondary N) is 1. The molecule has 33 heavy (non-hydrogen) atoms. The lowest BCUT2D eigenvalue weighted by atomic mass is 10.2. The summed E-state index contributed by atoms with van der Waals surface area (Å²) in [4.78, 5) is 11.6. The van der Waals surface area contributed by atoms with Crippen LogP contribution in [-0.4, -0.2) is 48.4 Å². The van der Waals surface area contributed by atoms with Crippen molar-refractivity contribution in [2.45, 2.75) is 31.7 Å². The highest BCUT2D eigenvalue weighted by molar-refractivity contribution is 7.89. The Kier molecular flexibility index (Phi) is 6.31. The number of hydrogen-bond acceptors (Lipinski definition) is 7. The van der Waals surface area contributed by atoms with Crippen molar-refractivity contribution in [2.75, 3.05) is 29.9 Å². The van der Waals surface area contributed by atoms with Crippen LogP contribution in [0.3, 0.4) is 0 Å². The predicted molar refractivity (Wildman–Crippen MR) is 128 cm³/mol. The van der Waals surface area contributed by atoms with Crippen LogP contribution in [0.25, 0.3) is 0 Å². The van der Waals surface area contributed by atoms with Crippen molar-refractivity contribution in [1.82, 2.24) is 14.3 Å². The minimum Gasteiger partial charge on any atom is -0.340 e. The first-order valence-corrected chi connectivity index (χ1v) is 12.2. The first-order chi connectivity index (χ1) is 15.8. The van der Waals surface area contributed by atoms with Gasteiger partial charge in [-0.2, -0.15) is 14.6 Å². The zero-order chi connectivity index (χ0) is 23.6. The van der Waals surface area contributed by atoms with Gasteiger partial charge in [-0.25, -0.2) is 13.4 Å². The van der Waals surface area contributed by atoms with E-state index in [9.17, 15) is 8.42 Å². The fraction of sp³-hybridized carbons (Fsp3) is 0.292. The Morgan fingerprint density at radius 2 is 1.73 bits per heavy atom. The molecule has 2 heterocycles. The summed E-state index contributed by atoms with van der Waals surface area (Å²) in [7, 11) is -3.55. The molecule has 9 heteroatoms. The molecule has 8 nitrogen and oxygen atoms in total. The fourth-order valence-electron chi connectivity index (χ4n) is 3.82. The van der Waals surface area contributed by atoms with Crippen LogP contribution in [0.5, 0.6) is 0 Å². The summed E-state index contributed by atoms with van der Waals surface area (Å²) >= 11 is 0. The van der Waals surface area contributed by atoms with E-state index in [1.54, 1.807) is 24.3 Å². The molecule has 170 valence electrons. The van der Waals surface area contributed by atoms with Gasteiger partial charge < -0.3 is 10.2 Å². The highest BCUT2D eigenvalue weighted by Crippen LogP contribution is 2.25. The molecular formula is C24H26N6O2S. The molecule has 1 atom stereocenters. The van der Waals surface area contributed by atoms with Crippen LogP contribution in [0, 0.1) is 25.2 Å². The molecule has 0 aliphatic carbocycles. The number of piperazine rings is 1. The molecule has 1 unspecified atom stereocenters. The van der Waals surface area contributed by atoms with Gasteiger partial charge in [-0.1, -0.05) is 17.7 Å². The van der Waals surface area contributed by atoms with Gasteiger partial charge in [-0.15, -0.1) is 0 Å². The maximum absolute atomic E-state index is 13.1. The summed E-state index contributed by atoms with van der Waals surface area (Å²) in [6.07, 6.45) is 0. The topological polar surface area (TPSA) is 102 Å². The second-order valence-electron chi connectivity index (χ2n) is 8.23. The average molecular weight is 463 g/mol. The average Bonchev–Trinajstić information content (AvgIpc) is 2.79. The molecule has 0 spiro atoms. The van der Waals surface area contributed by atoms with E-state index in [0.717, 1.165) is 16.9 Å². The molecule has 0 bridgehead atoms. The summed E-state index contributed by atoms with van der Waals surface area (Å²) < 4.78 is 27.7. The molecule has 0 saturated carbocycles. The Morgan fingerprint density at radius 3 is 2.36 bits per heavy atom. The van der Waals surface area contributed by atoms with Crippen molar-refractivity contribution in [3.8, 4) is 6.07 Å². The highest BCUT2D eigenvalue weighted by atomic mass is 32.2. The Bertz CT molecular complexity index is 1280. The Labute approximate surface area is 194 Å². The second-order valence-corrected chi connectivity index (χ2v) is 10.2. The van der Waals surface area contributed by atoms with Crippen molar-refractivity contribution >= 4 is 27.5 Å². The fourth-order valence-corrected chi connectivity index (χ4v) is 5.33. The number of nitrogens with zero attached hydrogens (tertiary/aromatic N) is 5. The van der Waals surface area contributed by atoms with Crippen molar-refractivity contribution in [1.29, 1.82) is 5.26 Å². The molecule has 1 N–H and O–H groups in total. The van der Waals surface area contributed by atoms with E-state index in [0.29, 0.717) is 41.9 Å². The summed E-state index contributed by atoms with van der Waals surface area (Å²) in [5, 5.41) is 12.2. The molecule has 0 amide bonds. The van der Waals surface area contributed by atoms with Gasteiger partial charge in [0, 0.05) is 43.1 Å². The Balaban J connectivity index is 1.51. The number of hydrogen-bond donors (Lipinski definition) is 1. The first kappa shape index (κ1) is 22.7. The van der Waals surface area contributed by atoms with E-state index in [1.807, 2.05) is 56.0 Å². The maximum Gasteiger partial charge on any atom is 0.243 e. The van der Waals surface area contributed by atoms with E-state index < -0.39 is 10.0 Å². The zero-order valence-corrected chi connectivity index (χ0v) is 19.7. The van der Waals surface area contributed by atoms with E-state index in [4.69, 9.17) is 5.26 Å². The number of rotatable bonds is 5. The molecule has 3 aromatic rings. The smallest absolute Gasteiger partial charge is 0.243 e. The minimum atomic E-state index is -3.55. The minimum absolute atomic E-state index is 0.0939. The SMILES string of the molecule is Cc1ccc(S(=O)(=O)N2CCN(c3nc(C)cc(Nc4ccc(C#N)cc4)n3)C(C)C2)cc1. The van der Waals surface area contributed by atoms with Crippen LogP contribution < -0.4 is 10.2 Å². The van der Waals surface area contributed by atoms with Crippen LogP contribution in [0.1, 0.15) is 23.7 Å². The van der Waals surface area contributed by atoms with Crippen LogP contribution in [0.15, 0.2) is 59.5 Å². The van der Waals surface area contributed by atoms with Gasteiger partial charge in [0.1, 0.15) is 5.82 Å². The van der Waals surface area contributed by atoms with Gasteiger partial charge in [0.25, 0.3) is 0 Å².